The van der Waals surface area contributed by atoms with Gasteiger partial charge in [-0.25, -0.2) is 0 Å². The Morgan fingerprint density at radius 3 is 1.45 bits per heavy atom. The Morgan fingerprint density at radius 1 is 0.711 bits per heavy atom. The van der Waals surface area contributed by atoms with Crippen molar-refractivity contribution >= 4 is 17.7 Å². The van der Waals surface area contributed by atoms with E-state index in [1.54, 1.807) is 11.8 Å². The summed E-state index contributed by atoms with van der Waals surface area (Å²) in [5.41, 5.74) is -0.589. The Hall–Kier alpha value is -1.39. The van der Waals surface area contributed by atoms with Crippen LogP contribution in [0.3, 0.4) is 0 Å². The van der Waals surface area contributed by atoms with Crippen molar-refractivity contribution in [3.63, 3.8) is 0 Å². The summed E-state index contributed by atoms with van der Waals surface area (Å²) in [6.07, 6.45) is 23.3. The Bertz CT molecular complexity index is 711. The van der Waals surface area contributed by atoms with Crippen LogP contribution in [0.4, 0.5) is 0 Å². The molecule has 2 aliphatic rings. The SMILES string of the molecule is CCCCCCCCCCCCCCCCCC(C1CC(C)(C)N(C(C)=O)C(C)(C)C1)N1C(=O)CCC1=O. The van der Waals surface area contributed by atoms with Gasteiger partial charge in [-0.15, -0.1) is 0 Å². The summed E-state index contributed by atoms with van der Waals surface area (Å²) in [5, 5.41) is 0. The molecule has 0 spiro atoms. The summed E-state index contributed by atoms with van der Waals surface area (Å²) in [6, 6.07) is -0.0351. The molecule has 0 N–H and O–H groups in total. The fourth-order valence-electron chi connectivity index (χ4n) is 7.75. The molecule has 2 heterocycles. The standard InChI is InChI=1S/C33H60N2O3/c1-7-8-9-10-11-12-13-14-15-16-17-18-19-20-21-22-29(34-30(37)23-24-31(34)38)28-25-32(3,4)35(27(2)36)33(5,6)26-28/h28-29H,7-26H2,1-6H3. The topological polar surface area (TPSA) is 57.7 Å². The molecule has 0 radical (unpaired) electrons. The molecule has 38 heavy (non-hydrogen) atoms. The van der Waals surface area contributed by atoms with Crippen LogP contribution < -0.4 is 0 Å². The number of rotatable bonds is 18. The van der Waals surface area contributed by atoms with Crippen LogP contribution in [-0.4, -0.2) is 44.6 Å². The average molecular weight is 533 g/mol. The number of hydrogen-bond acceptors (Lipinski definition) is 3. The van der Waals surface area contributed by atoms with Crippen molar-refractivity contribution in [1.82, 2.24) is 9.80 Å². The lowest BCUT2D eigenvalue weighted by Crippen LogP contribution is -2.64. The molecule has 0 aromatic carbocycles. The molecule has 5 heteroatoms. The average Bonchev–Trinajstić information content (AvgIpc) is 3.14. The summed E-state index contributed by atoms with van der Waals surface area (Å²) in [6.45, 7) is 12.5. The first-order chi connectivity index (χ1) is 18.0. The molecule has 2 fully saturated rings. The molecule has 2 aliphatic heterocycles. The van der Waals surface area contributed by atoms with Gasteiger partial charge in [0, 0.05) is 36.9 Å². The molecule has 0 bridgehead atoms. The van der Waals surface area contributed by atoms with E-state index in [2.05, 4.69) is 34.6 Å². The molecular formula is C33H60N2O3. The van der Waals surface area contributed by atoms with Gasteiger partial charge in [0.1, 0.15) is 0 Å². The number of piperidine rings is 1. The first-order valence-electron chi connectivity index (χ1n) is 16.2. The maximum atomic E-state index is 12.8. The Balaban J connectivity index is 1.76. The number of likely N-dealkylation sites (tertiary alicyclic amines) is 2. The minimum atomic E-state index is -0.294. The van der Waals surface area contributed by atoms with Crippen LogP contribution in [0.1, 0.15) is 170 Å². The van der Waals surface area contributed by atoms with Gasteiger partial charge in [0.2, 0.25) is 17.7 Å². The second-order valence-electron chi connectivity index (χ2n) is 13.6. The van der Waals surface area contributed by atoms with Crippen molar-refractivity contribution in [2.24, 2.45) is 5.92 Å². The first kappa shape index (κ1) is 32.8. The molecule has 220 valence electrons. The number of amides is 3. The van der Waals surface area contributed by atoms with Crippen molar-refractivity contribution < 1.29 is 14.4 Å². The van der Waals surface area contributed by atoms with Gasteiger partial charge >= 0.3 is 0 Å². The monoisotopic (exact) mass is 532 g/mol. The third-order valence-electron chi connectivity index (χ3n) is 9.12. The zero-order valence-corrected chi connectivity index (χ0v) is 25.9. The van der Waals surface area contributed by atoms with E-state index in [0.29, 0.717) is 12.8 Å². The van der Waals surface area contributed by atoms with Crippen molar-refractivity contribution in [3.05, 3.63) is 0 Å². The molecule has 2 rings (SSSR count). The summed E-state index contributed by atoms with van der Waals surface area (Å²) >= 11 is 0. The van der Waals surface area contributed by atoms with Gasteiger partial charge in [0.05, 0.1) is 0 Å². The second-order valence-corrected chi connectivity index (χ2v) is 13.6. The predicted molar refractivity (Wildman–Crippen MR) is 158 cm³/mol. The fourth-order valence-corrected chi connectivity index (χ4v) is 7.75. The van der Waals surface area contributed by atoms with Crippen molar-refractivity contribution in [1.29, 1.82) is 0 Å². The second kappa shape index (κ2) is 16.0. The minimum Gasteiger partial charge on any atom is -0.333 e. The summed E-state index contributed by atoms with van der Waals surface area (Å²) in [7, 11) is 0. The summed E-state index contributed by atoms with van der Waals surface area (Å²) in [5.74, 6) is 0.343. The van der Waals surface area contributed by atoms with Gasteiger partial charge in [0.25, 0.3) is 0 Å². The first-order valence-corrected chi connectivity index (χ1v) is 16.2. The van der Waals surface area contributed by atoms with E-state index >= 15 is 0 Å². The highest BCUT2D eigenvalue weighted by molar-refractivity contribution is 6.02. The van der Waals surface area contributed by atoms with Gasteiger partial charge in [0.15, 0.2) is 0 Å². The quantitative estimate of drug-likeness (QED) is 0.131. The largest absolute Gasteiger partial charge is 0.333 e. The zero-order chi connectivity index (χ0) is 28.2. The van der Waals surface area contributed by atoms with Crippen molar-refractivity contribution in [3.8, 4) is 0 Å². The normalized spacial score (nSPS) is 20.4. The predicted octanol–water partition coefficient (Wildman–Crippen LogP) is 8.58. The summed E-state index contributed by atoms with van der Waals surface area (Å²) < 4.78 is 0. The van der Waals surface area contributed by atoms with Crippen LogP contribution in [-0.2, 0) is 14.4 Å². The van der Waals surface area contributed by atoms with Crippen LogP contribution in [0.15, 0.2) is 0 Å². The van der Waals surface area contributed by atoms with Crippen LogP contribution in [0, 0.1) is 5.92 Å². The van der Waals surface area contributed by atoms with E-state index in [-0.39, 0.29) is 40.8 Å². The molecule has 3 amide bonds. The van der Waals surface area contributed by atoms with E-state index in [9.17, 15) is 14.4 Å². The van der Waals surface area contributed by atoms with Gasteiger partial charge < -0.3 is 4.90 Å². The van der Waals surface area contributed by atoms with Crippen molar-refractivity contribution in [2.75, 3.05) is 0 Å². The van der Waals surface area contributed by atoms with E-state index in [4.69, 9.17) is 0 Å². The van der Waals surface area contributed by atoms with Crippen LogP contribution in [0.5, 0.6) is 0 Å². The maximum absolute atomic E-state index is 12.8. The lowest BCUT2D eigenvalue weighted by molar-refractivity contribution is -0.156. The minimum absolute atomic E-state index is 0.00516. The number of hydrogen-bond donors (Lipinski definition) is 0. The van der Waals surface area contributed by atoms with Crippen LogP contribution in [0.2, 0.25) is 0 Å². The molecule has 2 saturated heterocycles. The molecule has 1 atom stereocenters. The Kier molecular flexibility index (Phi) is 13.8. The smallest absolute Gasteiger partial charge is 0.229 e. The van der Waals surface area contributed by atoms with Crippen molar-refractivity contribution in [2.45, 2.75) is 187 Å². The van der Waals surface area contributed by atoms with E-state index in [1.807, 2.05) is 4.90 Å². The van der Waals surface area contributed by atoms with E-state index in [0.717, 1.165) is 25.7 Å². The molecule has 1 unspecified atom stereocenters. The highest BCUT2D eigenvalue weighted by atomic mass is 16.2. The molecule has 5 nitrogen and oxygen atoms in total. The molecule has 0 aromatic heterocycles. The number of imide groups is 1. The van der Waals surface area contributed by atoms with Gasteiger partial charge in [-0.2, -0.15) is 0 Å². The van der Waals surface area contributed by atoms with Gasteiger partial charge in [-0.1, -0.05) is 103 Å². The molecule has 0 aromatic rings. The van der Waals surface area contributed by atoms with Crippen LogP contribution in [0.25, 0.3) is 0 Å². The Labute approximate surface area is 234 Å². The zero-order valence-electron chi connectivity index (χ0n) is 25.9. The van der Waals surface area contributed by atoms with E-state index in [1.165, 1.54) is 89.9 Å². The van der Waals surface area contributed by atoms with Gasteiger partial charge in [-0.05, 0) is 52.9 Å². The van der Waals surface area contributed by atoms with Crippen LogP contribution >= 0.6 is 0 Å². The van der Waals surface area contributed by atoms with E-state index < -0.39 is 0 Å². The Morgan fingerprint density at radius 2 is 1.08 bits per heavy atom. The number of unbranched alkanes of at least 4 members (excludes halogenated alkanes) is 14. The van der Waals surface area contributed by atoms with Gasteiger partial charge in [-0.3, -0.25) is 19.3 Å². The lowest BCUT2D eigenvalue weighted by Gasteiger charge is -2.57. The maximum Gasteiger partial charge on any atom is 0.229 e. The highest BCUT2D eigenvalue weighted by Gasteiger charge is 2.50. The molecule has 0 aliphatic carbocycles. The summed E-state index contributed by atoms with van der Waals surface area (Å²) in [4.78, 5) is 41.7. The third kappa shape index (κ3) is 9.97. The third-order valence-corrected chi connectivity index (χ3v) is 9.12. The number of carbonyl (C=O) groups is 3. The molecular weight excluding hydrogens is 472 g/mol. The number of nitrogens with zero attached hydrogens (tertiary/aromatic N) is 2. The highest BCUT2D eigenvalue weighted by Crippen LogP contribution is 2.45. The fraction of sp³-hybridized carbons (Fsp3) is 0.909. The number of carbonyl (C=O) groups excluding carboxylic acids is 3. The molecule has 0 saturated carbocycles. The lowest BCUT2D eigenvalue weighted by atomic mass is 9.70.